The van der Waals surface area contributed by atoms with E-state index in [1.54, 1.807) is 0 Å². The molecule has 1 aliphatic rings. The molecular formula is C33H24N2O. The summed E-state index contributed by atoms with van der Waals surface area (Å²) in [5, 5.41) is 2.19. The molecule has 0 bridgehead atoms. The van der Waals surface area contributed by atoms with E-state index in [2.05, 4.69) is 110 Å². The Bertz CT molecular complexity index is 1800. The van der Waals surface area contributed by atoms with Crippen LogP contribution >= 0.6 is 0 Å². The Morgan fingerprint density at radius 1 is 0.583 bits per heavy atom. The molecular weight excluding hydrogens is 440 g/mol. The topological polar surface area (TPSA) is 35.0 Å². The molecule has 0 fully saturated rings. The highest BCUT2D eigenvalue weighted by atomic mass is 16.5. The highest BCUT2D eigenvalue weighted by molar-refractivity contribution is 6.03. The fourth-order valence-electron chi connectivity index (χ4n) is 5.38. The van der Waals surface area contributed by atoms with E-state index in [9.17, 15) is 0 Å². The minimum Gasteiger partial charge on any atom is -0.457 e. The van der Waals surface area contributed by atoms with Crippen LogP contribution in [-0.4, -0.2) is 9.97 Å². The zero-order chi connectivity index (χ0) is 24.3. The number of para-hydroxylation sites is 1. The van der Waals surface area contributed by atoms with Crippen LogP contribution in [-0.2, 0) is 5.41 Å². The number of hydrogen-bond donors (Lipinski definition) is 0. The van der Waals surface area contributed by atoms with E-state index in [1.165, 1.54) is 11.1 Å². The summed E-state index contributed by atoms with van der Waals surface area (Å²) in [6.45, 7) is 4.52. The summed E-state index contributed by atoms with van der Waals surface area (Å²) in [6, 6.07) is 35.9. The molecule has 0 spiro atoms. The average Bonchev–Trinajstić information content (AvgIpc) is 2.92. The first kappa shape index (κ1) is 20.8. The monoisotopic (exact) mass is 464 g/mol. The van der Waals surface area contributed by atoms with Crippen LogP contribution in [0.4, 0.5) is 0 Å². The summed E-state index contributed by atoms with van der Waals surface area (Å²) >= 11 is 0. The number of fused-ring (bicyclic) bond motifs is 5. The molecule has 0 atom stereocenters. The number of ether oxygens (including phenoxy) is 1. The standard InChI is InChI=1S/C33H24N2O/c1-33(2)26-10-3-4-11-29(26)36-30-20-24(14-16-27(30)33)23-7-5-8-25(19-23)28-17-15-22-13-12-21-9-6-18-34-31(21)32(22)35-28/h3-20H,1-2H3. The maximum Gasteiger partial charge on any atom is 0.132 e. The van der Waals surface area contributed by atoms with Gasteiger partial charge in [-0.15, -0.1) is 0 Å². The summed E-state index contributed by atoms with van der Waals surface area (Å²) in [4.78, 5) is 9.64. The van der Waals surface area contributed by atoms with Gasteiger partial charge in [0.25, 0.3) is 0 Å². The molecule has 2 aromatic heterocycles. The second-order valence-electron chi connectivity index (χ2n) is 9.92. The molecule has 0 aliphatic carbocycles. The van der Waals surface area contributed by atoms with Crippen molar-refractivity contribution < 1.29 is 4.74 Å². The van der Waals surface area contributed by atoms with Gasteiger partial charge in [0, 0.05) is 39.1 Å². The van der Waals surface area contributed by atoms with E-state index in [4.69, 9.17) is 9.72 Å². The van der Waals surface area contributed by atoms with Gasteiger partial charge in [-0.1, -0.05) is 86.6 Å². The molecule has 0 N–H and O–H groups in total. The Hall–Kier alpha value is -4.50. The van der Waals surface area contributed by atoms with Crippen molar-refractivity contribution in [3.05, 3.63) is 120 Å². The first-order valence-corrected chi connectivity index (χ1v) is 12.3. The van der Waals surface area contributed by atoms with Crippen LogP contribution in [0, 0.1) is 0 Å². The smallest absolute Gasteiger partial charge is 0.132 e. The molecule has 0 amide bonds. The lowest BCUT2D eigenvalue weighted by Gasteiger charge is -2.34. The average molecular weight is 465 g/mol. The van der Waals surface area contributed by atoms with E-state index < -0.39 is 0 Å². The molecule has 7 rings (SSSR count). The number of aromatic nitrogens is 2. The third-order valence-corrected chi connectivity index (χ3v) is 7.36. The first-order valence-electron chi connectivity index (χ1n) is 12.3. The van der Waals surface area contributed by atoms with Crippen molar-refractivity contribution >= 4 is 21.8 Å². The molecule has 4 aromatic carbocycles. The number of benzene rings is 4. The van der Waals surface area contributed by atoms with Crippen LogP contribution in [0.3, 0.4) is 0 Å². The SMILES string of the molecule is CC1(C)c2ccccc2Oc2cc(-c3cccc(-c4ccc5ccc6cccnc6c5n4)c3)ccc21. The van der Waals surface area contributed by atoms with Crippen molar-refractivity contribution in [1.82, 2.24) is 9.97 Å². The van der Waals surface area contributed by atoms with Crippen LogP contribution in [0.5, 0.6) is 11.5 Å². The highest BCUT2D eigenvalue weighted by Gasteiger charge is 2.33. The Balaban J connectivity index is 1.31. The van der Waals surface area contributed by atoms with Gasteiger partial charge < -0.3 is 4.74 Å². The van der Waals surface area contributed by atoms with E-state index >= 15 is 0 Å². The van der Waals surface area contributed by atoms with Gasteiger partial charge in [-0.3, -0.25) is 4.98 Å². The predicted molar refractivity (Wildman–Crippen MR) is 147 cm³/mol. The molecule has 3 heteroatoms. The van der Waals surface area contributed by atoms with E-state index in [0.29, 0.717) is 0 Å². The second kappa shape index (κ2) is 7.76. The minimum absolute atomic E-state index is 0.115. The van der Waals surface area contributed by atoms with Crippen LogP contribution in [0.1, 0.15) is 25.0 Å². The summed E-state index contributed by atoms with van der Waals surface area (Å²) < 4.78 is 6.36. The van der Waals surface area contributed by atoms with Gasteiger partial charge in [0.2, 0.25) is 0 Å². The van der Waals surface area contributed by atoms with E-state index in [0.717, 1.165) is 55.7 Å². The van der Waals surface area contributed by atoms with Crippen molar-refractivity contribution in [1.29, 1.82) is 0 Å². The molecule has 0 unspecified atom stereocenters. The van der Waals surface area contributed by atoms with Gasteiger partial charge in [-0.05, 0) is 41.5 Å². The van der Waals surface area contributed by atoms with Gasteiger partial charge in [0.15, 0.2) is 0 Å². The van der Waals surface area contributed by atoms with Crippen molar-refractivity contribution in [3.63, 3.8) is 0 Å². The van der Waals surface area contributed by atoms with Crippen LogP contribution in [0.25, 0.3) is 44.2 Å². The highest BCUT2D eigenvalue weighted by Crippen LogP contribution is 2.48. The van der Waals surface area contributed by atoms with Crippen molar-refractivity contribution in [2.45, 2.75) is 19.3 Å². The molecule has 0 saturated heterocycles. The van der Waals surface area contributed by atoms with Crippen molar-refractivity contribution in [2.75, 3.05) is 0 Å². The fraction of sp³-hybridized carbons (Fsp3) is 0.0909. The number of nitrogens with zero attached hydrogens (tertiary/aromatic N) is 2. The van der Waals surface area contributed by atoms with Gasteiger partial charge in [-0.25, -0.2) is 4.98 Å². The zero-order valence-electron chi connectivity index (χ0n) is 20.2. The normalized spacial score (nSPS) is 13.7. The lowest BCUT2D eigenvalue weighted by molar-refractivity contribution is 0.418. The third-order valence-electron chi connectivity index (χ3n) is 7.36. The molecule has 1 aliphatic heterocycles. The largest absolute Gasteiger partial charge is 0.457 e. The summed E-state index contributed by atoms with van der Waals surface area (Å²) in [7, 11) is 0. The quantitative estimate of drug-likeness (QED) is 0.241. The number of pyridine rings is 2. The van der Waals surface area contributed by atoms with Gasteiger partial charge in [-0.2, -0.15) is 0 Å². The molecule has 172 valence electrons. The first-order chi connectivity index (χ1) is 17.6. The molecule has 6 aromatic rings. The summed E-state index contributed by atoms with van der Waals surface area (Å²) in [6.07, 6.45) is 1.83. The molecule has 3 nitrogen and oxygen atoms in total. The van der Waals surface area contributed by atoms with E-state index in [1.807, 2.05) is 18.3 Å². The maximum absolute atomic E-state index is 6.36. The predicted octanol–water partition coefficient (Wildman–Crippen LogP) is 8.55. The third kappa shape index (κ3) is 3.20. The number of rotatable bonds is 2. The Morgan fingerprint density at radius 2 is 1.33 bits per heavy atom. The molecule has 3 heterocycles. The maximum atomic E-state index is 6.36. The van der Waals surface area contributed by atoms with Crippen LogP contribution < -0.4 is 4.74 Å². The van der Waals surface area contributed by atoms with Gasteiger partial charge in [0.1, 0.15) is 11.5 Å². The second-order valence-corrected chi connectivity index (χ2v) is 9.92. The van der Waals surface area contributed by atoms with E-state index in [-0.39, 0.29) is 5.41 Å². The minimum atomic E-state index is -0.115. The number of hydrogen-bond acceptors (Lipinski definition) is 3. The Kier molecular flexibility index (Phi) is 4.49. The van der Waals surface area contributed by atoms with Crippen LogP contribution in [0.2, 0.25) is 0 Å². The van der Waals surface area contributed by atoms with Crippen LogP contribution in [0.15, 0.2) is 109 Å². The molecule has 0 saturated carbocycles. The van der Waals surface area contributed by atoms with Crippen molar-refractivity contribution in [3.8, 4) is 33.9 Å². The zero-order valence-corrected chi connectivity index (χ0v) is 20.2. The Labute approximate surface area is 210 Å². The van der Waals surface area contributed by atoms with Gasteiger partial charge in [0.05, 0.1) is 16.7 Å². The van der Waals surface area contributed by atoms with Crippen molar-refractivity contribution in [2.24, 2.45) is 0 Å². The Morgan fingerprint density at radius 3 is 2.25 bits per heavy atom. The lowest BCUT2D eigenvalue weighted by atomic mass is 9.75. The summed E-state index contributed by atoms with van der Waals surface area (Å²) in [5.41, 5.74) is 8.44. The fourth-order valence-corrected chi connectivity index (χ4v) is 5.38. The summed E-state index contributed by atoms with van der Waals surface area (Å²) in [5.74, 6) is 1.85. The van der Waals surface area contributed by atoms with Gasteiger partial charge >= 0.3 is 0 Å². The lowest BCUT2D eigenvalue weighted by Crippen LogP contribution is -2.24. The molecule has 0 radical (unpaired) electrons. The molecule has 36 heavy (non-hydrogen) atoms.